The number of halogens is 1. The van der Waals surface area contributed by atoms with Crippen LogP contribution in [0.4, 0.5) is 11.4 Å². The monoisotopic (exact) mass is 392 g/mol. The molecule has 0 aliphatic carbocycles. The van der Waals surface area contributed by atoms with Crippen molar-refractivity contribution in [2.75, 3.05) is 11.9 Å². The second-order valence-electron chi connectivity index (χ2n) is 4.65. The Morgan fingerprint density at radius 1 is 1.29 bits per heavy atom. The lowest BCUT2D eigenvalue weighted by molar-refractivity contribution is -0.384. The molecule has 0 aliphatic rings. The first kappa shape index (κ1) is 17.4. The highest BCUT2D eigenvalue weighted by atomic mass is 79.9. The van der Waals surface area contributed by atoms with Crippen LogP contribution in [-0.4, -0.2) is 28.7 Å². The van der Waals surface area contributed by atoms with Crippen LogP contribution in [0, 0.1) is 10.1 Å². The summed E-state index contributed by atoms with van der Waals surface area (Å²) in [5, 5.41) is 26.9. The third-order valence-electron chi connectivity index (χ3n) is 2.91. The minimum atomic E-state index is -0.586. The van der Waals surface area contributed by atoms with Crippen molar-refractivity contribution in [3.8, 4) is 5.75 Å². The summed E-state index contributed by atoms with van der Waals surface area (Å²) in [6.07, 6.45) is 1.14. The lowest BCUT2D eigenvalue weighted by atomic mass is 10.2. The van der Waals surface area contributed by atoms with E-state index in [2.05, 4.69) is 31.8 Å². The Labute approximate surface area is 145 Å². The van der Waals surface area contributed by atoms with Gasteiger partial charge in [0.15, 0.2) is 0 Å². The molecule has 0 atom stereocenters. The lowest BCUT2D eigenvalue weighted by Crippen LogP contribution is -2.25. The molecule has 0 unspecified atom stereocenters. The van der Waals surface area contributed by atoms with E-state index in [-0.39, 0.29) is 23.5 Å². The zero-order chi connectivity index (χ0) is 17.5. The topological polar surface area (TPSA) is 117 Å². The van der Waals surface area contributed by atoms with Gasteiger partial charge in [-0.05, 0) is 30.3 Å². The van der Waals surface area contributed by atoms with Crippen molar-refractivity contribution in [1.29, 1.82) is 0 Å². The summed E-state index contributed by atoms with van der Waals surface area (Å²) < 4.78 is 0.930. The second-order valence-corrected chi connectivity index (χ2v) is 5.57. The molecule has 124 valence electrons. The van der Waals surface area contributed by atoms with Crippen LogP contribution in [0.25, 0.3) is 0 Å². The Morgan fingerprint density at radius 3 is 2.67 bits per heavy atom. The number of non-ortho nitro benzene ring substituents is 1. The maximum absolute atomic E-state index is 11.7. The van der Waals surface area contributed by atoms with Crippen molar-refractivity contribution in [3.05, 3.63) is 62.6 Å². The number of nitrogens with zero attached hydrogens (tertiary/aromatic N) is 2. The number of phenolic OH excluding ortho intramolecular Hbond substituents is 1. The molecule has 0 heterocycles. The van der Waals surface area contributed by atoms with Gasteiger partial charge in [0, 0.05) is 27.9 Å². The first-order valence-electron chi connectivity index (χ1n) is 6.74. The maximum atomic E-state index is 11.7. The predicted molar refractivity (Wildman–Crippen MR) is 93.1 cm³/mol. The number of carbonyl (C=O) groups is 1. The summed E-state index contributed by atoms with van der Waals surface area (Å²) in [7, 11) is 0. The highest BCUT2D eigenvalue weighted by Crippen LogP contribution is 2.21. The van der Waals surface area contributed by atoms with Gasteiger partial charge in [0.25, 0.3) is 11.6 Å². The van der Waals surface area contributed by atoms with Crippen molar-refractivity contribution in [1.82, 2.24) is 5.43 Å². The average Bonchev–Trinajstić information content (AvgIpc) is 2.56. The fourth-order valence-corrected chi connectivity index (χ4v) is 1.99. The molecule has 0 aromatic heterocycles. The molecule has 0 saturated carbocycles. The SMILES string of the molecule is O=C(CNc1ccc(Br)cc1)N/N=C/c1cc([N+](=O)[O-])ccc1O. The third kappa shape index (κ3) is 5.06. The molecule has 2 rings (SSSR count). The molecule has 0 saturated heterocycles. The van der Waals surface area contributed by atoms with Crippen LogP contribution < -0.4 is 10.7 Å². The second kappa shape index (κ2) is 8.06. The highest BCUT2D eigenvalue weighted by molar-refractivity contribution is 9.10. The van der Waals surface area contributed by atoms with Crippen LogP contribution >= 0.6 is 15.9 Å². The molecule has 2 aromatic carbocycles. The summed E-state index contributed by atoms with van der Waals surface area (Å²) in [6, 6.07) is 10.8. The number of nitro benzene ring substituents is 1. The van der Waals surface area contributed by atoms with Gasteiger partial charge in [-0.15, -0.1) is 0 Å². The van der Waals surface area contributed by atoms with Gasteiger partial charge in [0.1, 0.15) is 5.75 Å². The number of nitrogens with one attached hydrogen (secondary N) is 2. The Balaban J connectivity index is 1.89. The van der Waals surface area contributed by atoms with Gasteiger partial charge < -0.3 is 10.4 Å². The fraction of sp³-hybridized carbons (Fsp3) is 0.0667. The van der Waals surface area contributed by atoms with Crippen molar-refractivity contribution < 1.29 is 14.8 Å². The van der Waals surface area contributed by atoms with Gasteiger partial charge in [-0.3, -0.25) is 14.9 Å². The largest absolute Gasteiger partial charge is 0.507 e. The van der Waals surface area contributed by atoms with Crippen LogP contribution in [0.5, 0.6) is 5.75 Å². The normalized spacial score (nSPS) is 10.5. The Hall–Kier alpha value is -2.94. The third-order valence-corrected chi connectivity index (χ3v) is 3.44. The number of hydrogen-bond acceptors (Lipinski definition) is 6. The molecular formula is C15H13BrN4O4. The van der Waals surface area contributed by atoms with E-state index in [9.17, 15) is 20.0 Å². The minimum absolute atomic E-state index is 0.000107. The van der Waals surface area contributed by atoms with Crippen molar-refractivity contribution in [3.63, 3.8) is 0 Å². The molecule has 3 N–H and O–H groups in total. The summed E-state index contributed by atoms with van der Waals surface area (Å²) in [5.41, 5.74) is 2.99. The van der Waals surface area contributed by atoms with E-state index in [1.165, 1.54) is 12.1 Å². The Morgan fingerprint density at radius 2 is 2.00 bits per heavy atom. The van der Waals surface area contributed by atoms with E-state index in [0.29, 0.717) is 0 Å². The first-order valence-corrected chi connectivity index (χ1v) is 7.54. The van der Waals surface area contributed by atoms with E-state index in [1.807, 2.05) is 24.3 Å². The van der Waals surface area contributed by atoms with Crippen LogP contribution in [-0.2, 0) is 4.79 Å². The molecule has 0 bridgehead atoms. The van der Waals surface area contributed by atoms with E-state index in [0.717, 1.165) is 22.4 Å². The quantitative estimate of drug-likeness (QED) is 0.396. The molecule has 2 aromatic rings. The molecule has 8 nitrogen and oxygen atoms in total. The maximum Gasteiger partial charge on any atom is 0.270 e. The molecule has 1 amide bonds. The smallest absolute Gasteiger partial charge is 0.270 e. The minimum Gasteiger partial charge on any atom is -0.507 e. The first-order chi connectivity index (χ1) is 11.5. The van der Waals surface area contributed by atoms with E-state index < -0.39 is 10.8 Å². The number of anilines is 1. The molecule has 0 spiro atoms. The zero-order valence-electron chi connectivity index (χ0n) is 12.3. The van der Waals surface area contributed by atoms with Crippen LogP contribution in [0.3, 0.4) is 0 Å². The molecule has 0 aliphatic heterocycles. The van der Waals surface area contributed by atoms with Crippen LogP contribution in [0.15, 0.2) is 52.0 Å². The van der Waals surface area contributed by atoms with Gasteiger partial charge in [-0.25, -0.2) is 5.43 Å². The average molecular weight is 393 g/mol. The lowest BCUT2D eigenvalue weighted by Gasteiger charge is -2.05. The fourth-order valence-electron chi connectivity index (χ4n) is 1.72. The number of amides is 1. The molecule has 0 fully saturated rings. The number of hydrogen-bond donors (Lipinski definition) is 3. The van der Waals surface area contributed by atoms with Crippen molar-refractivity contribution in [2.24, 2.45) is 5.10 Å². The number of phenols is 1. The summed E-state index contributed by atoms with van der Waals surface area (Å²) in [4.78, 5) is 21.8. The van der Waals surface area contributed by atoms with Crippen LogP contribution in [0.2, 0.25) is 0 Å². The highest BCUT2D eigenvalue weighted by Gasteiger charge is 2.08. The van der Waals surface area contributed by atoms with E-state index in [1.54, 1.807) is 0 Å². The summed E-state index contributed by atoms with van der Waals surface area (Å²) in [6.45, 7) is -0.000107. The standard InChI is InChI=1S/C15H13BrN4O4/c16-11-1-3-12(4-2-11)17-9-15(22)19-18-8-10-7-13(20(23)24)5-6-14(10)21/h1-8,17,21H,9H2,(H,19,22)/b18-8+. The molecule has 0 radical (unpaired) electrons. The van der Waals surface area contributed by atoms with E-state index >= 15 is 0 Å². The summed E-state index contributed by atoms with van der Waals surface area (Å²) in [5.74, 6) is -0.578. The van der Waals surface area contributed by atoms with Gasteiger partial charge in [-0.2, -0.15) is 5.10 Å². The van der Waals surface area contributed by atoms with Gasteiger partial charge in [-0.1, -0.05) is 15.9 Å². The van der Waals surface area contributed by atoms with Crippen molar-refractivity contribution in [2.45, 2.75) is 0 Å². The number of carbonyl (C=O) groups excluding carboxylic acids is 1. The number of nitro groups is 1. The number of aromatic hydroxyl groups is 1. The summed E-state index contributed by atoms with van der Waals surface area (Å²) >= 11 is 3.31. The molecular weight excluding hydrogens is 380 g/mol. The van der Waals surface area contributed by atoms with Crippen molar-refractivity contribution >= 4 is 39.4 Å². The number of benzene rings is 2. The number of hydrazone groups is 1. The van der Waals surface area contributed by atoms with Gasteiger partial charge >= 0.3 is 0 Å². The zero-order valence-corrected chi connectivity index (χ0v) is 13.9. The van der Waals surface area contributed by atoms with Gasteiger partial charge in [0.05, 0.1) is 17.7 Å². The van der Waals surface area contributed by atoms with E-state index in [4.69, 9.17) is 0 Å². The molecule has 24 heavy (non-hydrogen) atoms. The Bertz CT molecular complexity index is 778. The number of rotatable bonds is 6. The Kier molecular flexibility index (Phi) is 5.85. The van der Waals surface area contributed by atoms with Crippen LogP contribution in [0.1, 0.15) is 5.56 Å². The predicted octanol–water partition coefficient (Wildman–Crippen LogP) is 2.63. The molecule has 9 heteroatoms. The van der Waals surface area contributed by atoms with Gasteiger partial charge in [0.2, 0.25) is 0 Å².